The lowest BCUT2D eigenvalue weighted by Gasteiger charge is -2.33. The molecule has 4 aromatic rings. The highest BCUT2D eigenvalue weighted by Crippen LogP contribution is 2.34. The molecule has 0 atom stereocenters. The van der Waals surface area contributed by atoms with Crippen molar-refractivity contribution in [1.82, 2.24) is 34.0 Å². The predicted octanol–water partition coefficient (Wildman–Crippen LogP) is 3.81. The quantitative estimate of drug-likeness (QED) is 0.363. The number of benzene rings is 1. The Morgan fingerprint density at radius 3 is 2.47 bits per heavy atom. The lowest BCUT2D eigenvalue weighted by Crippen LogP contribution is -2.43. The van der Waals surface area contributed by atoms with Crippen LogP contribution in [0.15, 0.2) is 23.0 Å². The first kappa shape index (κ1) is 28.8. The summed E-state index contributed by atoms with van der Waals surface area (Å²) >= 11 is 0. The van der Waals surface area contributed by atoms with E-state index in [1.165, 1.54) is 11.7 Å². The Balaban J connectivity index is 1.48. The minimum atomic E-state index is -2.94. The van der Waals surface area contributed by atoms with Crippen molar-refractivity contribution < 1.29 is 27.8 Å². The number of piperidine rings is 1. The second-order valence-electron chi connectivity index (χ2n) is 11.6. The third-order valence-electron chi connectivity index (χ3n) is 7.62. The number of aromatic amines is 1. The number of nitrogens with one attached hydrogen (secondary N) is 1. The van der Waals surface area contributed by atoms with Crippen LogP contribution in [-0.2, 0) is 9.47 Å². The molecule has 1 N–H and O–H groups in total. The Bertz CT molecular complexity index is 1710. The van der Waals surface area contributed by atoms with Crippen LogP contribution in [0.25, 0.3) is 28.1 Å². The highest BCUT2D eigenvalue weighted by atomic mass is 19.3. The Kier molecular flexibility index (Phi) is 7.44. The van der Waals surface area contributed by atoms with Crippen molar-refractivity contribution in [3.8, 4) is 11.7 Å². The molecule has 0 saturated carbocycles. The molecule has 230 valence electrons. The van der Waals surface area contributed by atoms with E-state index in [-0.39, 0.29) is 23.2 Å². The van der Waals surface area contributed by atoms with Gasteiger partial charge in [-0.3, -0.25) is 9.13 Å². The molecule has 43 heavy (non-hydrogen) atoms. The van der Waals surface area contributed by atoms with E-state index in [0.717, 1.165) is 0 Å². The molecular formula is C28H34F2N8O5. The van der Waals surface area contributed by atoms with Crippen LogP contribution >= 0.6 is 0 Å². The van der Waals surface area contributed by atoms with Crippen LogP contribution in [0.5, 0.6) is 5.75 Å². The van der Waals surface area contributed by atoms with E-state index in [4.69, 9.17) is 24.2 Å². The first-order valence-corrected chi connectivity index (χ1v) is 14.2. The van der Waals surface area contributed by atoms with Gasteiger partial charge in [0.15, 0.2) is 17.3 Å². The number of amides is 1. The Labute approximate surface area is 245 Å². The number of anilines is 1. The number of methoxy groups -OCH3 is 1. The number of morpholine rings is 1. The van der Waals surface area contributed by atoms with Gasteiger partial charge < -0.3 is 29.0 Å². The number of alkyl halides is 2. The number of fused-ring (bicyclic) bond motifs is 2. The van der Waals surface area contributed by atoms with Crippen LogP contribution in [0.2, 0.25) is 0 Å². The number of likely N-dealkylation sites (tertiary alicyclic amines) is 1. The van der Waals surface area contributed by atoms with Gasteiger partial charge in [0, 0.05) is 32.2 Å². The largest absolute Gasteiger partial charge is 0.494 e. The van der Waals surface area contributed by atoms with Crippen LogP contribution in [0.1, 0.15) is 51.9 Å². The number of carbonyl (C=O) groups is 1. The molecular weight excluding hydrogens is 566 g/mol. The number of H-pyrrole nitrogens is 1. The summed E-state index contributed by atoms with van der Waals surface area (Å²) in [5.41, 5.74) is 0.277. The van der Waals surface area contributed by atoms with Gasteiger partial charge in [-0.2, -0.15) is 9.97 Å². The van der Waals surface area contributed by atoms with Crippen LogP contribution in [0.4, 0.5) is 19.4 Å². The Morgan fingerprint density at radius 2 is 1.81 bits per heavy atom. The normalized spacial score (nSPS) is 16.9. The van der Waals surface area contributed by atoms with Crippen molar-refractivity contribution in [3.05, 3.63) is 34.5 Å². The Morgan fingerprint density at radius 1 is 1.09 bits per heavy atom. The average molecular weight is 601 g/mol. The zero-order valence-corrected chi connectivity index (χ0v) is 24.5. The number of nitrogens with zero attached hydrogens (tertiary/aromatic N) is 7. The third kappa shape index (κ3) is 5.37. The van der Waals surface area contributed by atoms with Gasteiger partial charge >= 0.3 is 11.8 Å². The van der Waals surface area contributed by atoms with Crippen LogP contribution in [-0.4, -0.2) is 92.2 Å². The molecule has 2 aliphatic rings. The summed E-state index contributed by atoms with van der Waals surface area (Å²) in [5.74, 6) is 0.166. The monoisotopic (exact) mass is 600 g/mol. The maximum absolute atomic E-state index is 14.4. The number of rotatable bonds is 5. The number of halogens is 2. The summed E-state index contributed by atoms with van der Waals surface area (Å²) < 4.78 is 48.0. The SMILES string of the molecule is COc1cccc2c1nc(C(F)F)n2-c1nc(N2CCOCC2)c2[nH]c(=O)n(C3CCN(C(=O)OC(C)(C)C)CC3)c2n1. The van der Waals surface area contributed by atoms with Crippen LogP contribution in [0.3, 0.4) is 0 Å². The molecule has 13 nitrogen and oxygen atoms in total. The van der Waals surface area contributed by atoms with E-state index in [1.54, 1.807) is 27.7 Å². The van der Waals surface area contributed by atoms with Gasteiger partial charge in [-0.25, -0.2) is 23.4 Å². The number of carbonyl (C=O) groups excluding carboxylic acids is 1. The summed E-state index contributed by atoms with van der Waals surface area (Å²) in [7, 11) is 1.45. The van der Waals surface area contributed by atoms with E-state index in [1.807, 2.05) is 25.7 Å². The fourth-order valence-electron chi connectivity index (χ4n) is 5.66. The number of para-hydroxylation sites is 1. The van der Waals surface area contributed by atoms with Crippen molar-refractivity contribution in [2.45, 2.75) is 51.7 Å². The third-order valence-corrected chi connectivity index (χ3v) is 7.62. The molecule has 5 heterocycles. The summed E-state index contributed by atoms with van der Waals surface area (Å²) in [6.07, 6.45) is -2.38. The summed E-state index contributed by atoms with van der Waals surface area (Å²) in [5, 5.41) is 0. The molecule has 6 rings (SSSR count). The van der Waals surface area contributed by atoms with E-state index >= 15 is 0 Å². The molecule has 0 aliphatic carbocycles. The number of imidazole rings is 2. The van der Waals surface area contributed by atoms with Crippen molar-refractivity contribution in [3.63, 3.8) is 0 Å². The molecule has 2 fully saturated rings. The number of hydrogen-bond donors (Lipinski definition) is 1. The first-order valence-electron chi connectivity index (χ1n) is 14.2. The van der Waals surface area contributed by atoms with Crippen molar-refractivity contribution in [2.75, 3.05) is 51.4 Å². The maximum Gasteiger partial charge on any atom is 0.410 e. The molecule has 0 radical (unpaired) electrons. The molecule has 0 bridgehead atoms. The molecule has 0 unspecified atom stereocenters. The first-order chi connectivity index (χ1) is 20.6. The predicted molar refractivity (Wildman–Crippen MR) is 153 cm³/mol. The van der Waals surface area contributed by atoms with Crippen LogP contribution in [0, 0.1) is 0 Å². The maximum atomic E-state index is 14.4. The fraction of sp³-hybridized carbons (Fsp3) is 0.536. The standard InChI is InChI=1S/C28H34F2N8O5/c1-28(2,3)43-27(40)36-10-8-16(9-11-36)37-23-20(32-26(37)39)22(35-12-14-42-15-13-35)33-25(34-23)38-17-6-5-7-18(41-4)19(17)31-24(38)21(29)30/h5-7,16,21H,8-15H2,1-4H3,(H,32,39). The molecule has 3 aromatic heterocycles. The second-order valence-corrected chi connectivity index (χ2v) is 11.6. The molecule has 15 heteroatoms. The van der Waals surface area contributed by atoms with Gasteiger partial charge in [-0.1, -0.05) is 6.07 Å². The van der Waals surface area contributed by atoms with Gasteiger partial charge in [-0.05, 0) is 45.7 Å². The summed E-state index contributed by atoms with van der Waals surface area (Å²) in [6.45, 7) is 8.08. The van der Waals surface area contributed by atoms with Gasteiger partial charge in [0.25, 0.3) is 6.43 Å². The smallest absolute Gasteiger partial charge is 0.410 e. The number of hydrogen-bond acceptors (Lipinski definition) is 9. The number of ether oxygens (including phenoxy) is 3. The van der Waals surface area contributed by atoms with Gasteiger partial charge in [-0.15, -0.1) is 0 Å². The van der Waals surface area contributed by atoms with Gasteiger partial charge in [0.2, 0.25) is 5.95 Å². The highest BCUT2D eigenvalue weighted by Gasteiger charge is 2.32. The van der Waals surface area contributed by atoms with Gasteiger partial charge in [0.1, 0.15) is 22.4 Å². The minimum Gasteiger partial charge on any atom is -0.494 e. The van der Waals surface area contributed by atoms with Crippen molar-refractivity contribution in [2.24, 2.45) is 0 Å². The van der Waals surface area contributed by atoms with Gasteiger partial charge in [0.05, 0.1) is 25.8 Å². The zero-order valence-electron chi connectivity index (χ0n) is 24.5. The fourth-order valence-corrected chi connectivity index (χ4v) is 5.66. The summed E-state index contributed by atoms with van der Waals surface area (Å²) in [4.78, 5) is 46.3. The van der Waals surface area contributed by atoms with Crippen molar-refractivity contribution >= 4 is 34.1 Å². The molecule has 1 aromatic carbocycles. The number of aromatic nitrogens is 6. The lowest BCUT2D eigenvalue weighted by molar-refractivity contribution is 0.0188. The van der Waals surface area contributed by atoms with E-state index in [2.05, 4.69) is 9.97 Å². The molecule has 1 amide bonds. The Hall–Kier alpha value is -4.27. The lowest BCUT2D eigenvalue weighted by atomic mass is 10.1. The summed E-state index contributed by atoms with van der Waals surface area (Å²) in [6, 6.07) is 4.68. The van der Waals surface area contributed by atoms with E-state index < -0.39 is 29.6 Å². The van der Waals surface area contributed by atoms with Crippen molar-refractivity contribution in [1.29, 1.82) is 0 Å². The zero-order chi connectivity index (χ0) is 30.5. The van der Waals surface area contributed by atoms with Crippen LogP contribution < -0.4 is 15.3 Å². The highest BCUT2D eigenvalue weighted by molar-refractivity contribution is 5.87. The average Bonchev–Trinajstić information content (AvgIpc) is 3.54. The molecule has 2 saturated heterocycles. The molecule has 2 aliphatic heterocycles. The minimum absolute atomic E-state index is 0.0426. The van der Waals surface area contributed by atoms with E-state index in [0.29, 0.717) is 74.8 Å². The topological polar surface area (TPSA) is 133 Å². The second kappa shape index (κ2) is 11.1. The molecule has 0 spiro atoms. The van der Waals surface area contributed by atoms with E-state index in [9.17, 15) is 18.4 Å².